The summed E-state index contributed by atoms with van der Waals surface area (Å²) in [6, 6.07) is 12.9. The number of hydrogen-bond acceptors (Lipinski definition) is 8. The first-order chi connectivity index (χ1) is 19.4. The van der Waals surface area contributed by atoms with E-state index in [1.54, 1.807) is 19.2 Å². The van der Waals surface area contributed by atoms with Crippen LogP contribution in [0.5, 0.6) is 5.75 Å². The summed E-state index contributed by atoms with van der Waals surface area (Å²) in [4.78, 5) is 41.2. The SMILES string of the molecule is CCCNC(=O)N(CCN1CCOCC1)CC(=O)N1N=C(c2ccc([N+](=O)[O-])cc2)CC1c1ccc(OC)cc1. The predicted molar refractivity (Wildman–Crippen MR) is 149 cm³/mol. The van der Waals surface area contributed by atoms with Crippen LogP contribution in [0.1, 0.15) is 36.9 Å². The number of ether oxygens (including phenoxy) is 2. The molecule has 2 aliphatic rings. The fourth-order valence-corrected chi connectivity index (χ4v) is 4.69. The lowest BCUT2D eigenvalue weighted by Gasteiger charge is -2.31. The second-order valence-corrected chi connectivity index (χ2v) is 9.69. The van der Waals surface area contributed by atoms with E-state index in [2.05, 4.69) is 15.3 Å². The number of carbonyl (C=O) groups excluding carboxylic acids is 2. The Morgan fingerprint density at radius 1 is 1.15 bits per heavy atom. The highest BCUT2D eigenvalue weighted by molar-refractivity contribution is 6.03. The summed E-state index contributed by atoms with van der Waals surface area (Å²) in [5.74, 6) is 0.379. The van der Waals surface area contributed by atoms with Crippen LogP contribution in [0, 0.1) is 10.1 Å². The van der Waals surface area contributed by atoms with E-state index in [4.69, 9.17) is 9.47 Å². The first kappa shape index (κ1) is 29.0. The van der Waals surface area contributed by atoms with E-state index >= 15 is 0 Å². The van der Waals surface area contributed by atoms with Gasteiger partial charge in [-0.3, -0.25) is 19.8 Å². The summed E-state index contributed by atoms with van der Waals surface area (Å²) in [6.45, 7) is 6.25. The molecule has 1 fully saturated rings. The number of rotatable bonds is 11. The van der Waals surface area contributed by atoms with E-state index in [0.717, 1.165) is 25.1 Å². The number of benzene rings is 2. The van der Waals surface area contributed by atoms with Crippen molar-refractivity contribution >= 4 is 23.3 Å². The molecule has 2 aromatic carbocycles. The lowest BCUT2D eigenvalue weighted by atomic mass is 9.98. The van der Waals surface area contributed by atoms with Crippen LogP contribution >= 0.6 is 0 Å². The lowest BCUT2D eigenvalue weighted by molar-refractivity contribution is -0.384. The Morgan fingerprint density at radius 2 is 1.85 bits per heavy atom. The zero-order valence-electron chi connectivity index (χ0n) is 23.0. The number of nitrogens with one attached hydrogen (secondary N) is 1. The number of methoxy groups -OCH3 is 1. The lowest BCUT2D eigenvalue weighted by Crippen LogP contribution is -2.49. The molecule has 0 bridgehead atoms. The van der Waals surface area contributed by atoms with Gasteiger partial charge in [-0.25, -0.2) is 9.80 Å². The minimum Gasteiger partial charge on any atom is -0.497 e. The summed E-state index contributed by atoms with van der Waals surface area (Å²) in [7, 11) is 1.59. The van der Waals surface area contributed by atoms with Gasteiger partial charge in [-0.05, 0) is 41.8 Å². The first-order valence-corrected chi connectivity index (χ1v) is 13.5. The molecule has 0 spiro atoms. The van der Waals surface area contributed by atoms with Crippen molar-refractivity contribution in [3.8, 4) is 5.75 Å². The molecule has 1 unspecified atom stereocenters. The van der Waals surface area contributed by atoms with Crippen LogP contribution in [0.25, 0.3) is 0 Å². The van der Waals surface area contributed by atoms with Gasteiger partial charge in [0.05, 0.1) is 37.0 Å². The highest BCUT2D eigenvalue weighted by Crippen LogP contribution is 2.34. The third-order valence-electron chi connectivity index (χ3n) is 7.01. The Kier molecular flexibility index (Phi) is 10.0. The molecule has 1 N–H and O–H groups in total. The Bertz CT molecular complexity index is 1200. The zero-order chi connectivity index (χ0) is 28.5. The van der Waals surface area contributed by atoms with Crippen molar-refractivity contribution < 1.29 is 24.0 Å². The van der Waals surface area contributed by atoms with E-state index in [9.17, 15) is 19.7 Å². The van der Waals surface area contributed by atoms with E-state index < -0.39 is 11.0 Å². The molecule has 40 heavy (non-hydrogen) atoms. The van der Waals surface area contributed by atoms with Crippen molar-refractivity contribution in [1.29, 1.82) is 0 Å². The molecule has 12 nitrogen and oxygen atoms in total. The number of non-ortho nitro benzene ring substituents is 1. The second-order valence-electron chi connectivity index (χ2n) is 9.69. The van der Waals surface area contributed by atoms with Crippen molar-refractivity contribution in [1.82, 2.24) is 20.1 Å². The standard InChI is InChI=1S/C28H36N6O6/c1-3-12-29-28(36)32(14-13-31-15-17-40-18-16-31)20-27(35)33-26(22-6-10-24(39-2)11-7-22)19-25(30-33)21-4-8-23(9-5-21)34(37)38/h4-11,26H,3,12-20H2,1-2H3,(H,29,36). The molecule has 0 aromatic heterocycles. The number of hydrogen-bond donors (Lipinski definition) is 1. The van der Waals surface area contributed by atoms with Crippen molar-refractivity contribution in [3.63, 3.8) is 0 Å². The summed E-state index contributed by atoms with van der Waals surface area (Å²) in [6.07, 6.45) is 1.21. The topological polar surface area (TPSA) is 130 Å². The minimum absolute atomic E-state index is 0.0176. The molecule has 2 aromatic rings. The first-order valence-electron chi connectivity index (χ1n) is 13.5. The molecule has 2 heterocycles. The minimum atomic E-state index is -0.453. The number of hydrazone groups is 1. The van der Waals surface area contributed by atoms with Crippen molar-refractivity contribution in [2.24, 2.45) is 5.10 Å². The number of carbonyl (C=O) groups is 2. The van der Waals surface area contributed by atoms with Gasteiger partial charge < -0.3 is 19.7 Å². The van der Waals surface area contributed by atoms with E-state index in [-0.39, 0.29) is 24.2 Å². The molecule has 0 radical (unpaired) electrons. The molecule has 0 saturated carbocycles. The van der Waals surface area contributed by atoms with Gasteiger partial charge >= 0.3 is 6.03 Å². The van der Waals surface area contributed by atoms with Crippen LogP contribution in [0.4, 0.5) is 10.5 Å². The molecule has 12 heteroatoms. The third-order valence-corrected chi connectivity index (χ3v) is 7.01. The Labute approximate surface area is 233 Å². The summed E-state index contributed by atoms with van der Waals surface area (Å²) in [5, 5.41) is 20.1. The van der Waals surface area contributed by atoms with Crippen LogP contribution in [-0.4, -0.2) is 97.0 Å². The number of nitro benzene ring substituents is 1. The molecule has 3 amide bonds. The monoisotopic (exact) mass is 552 g/mol. The molecular formula is C28H36N6O6. The second kappa shape index (κ2) is 13.9. The Hall–Kier alpha value is -4.03. The fourth-order valence-electron chi connectivity index (χ4n) is 4.69. The summed E-state index contributed by atoms with van der Waals surface area (Å²) < 4.78 is 10.7. The van der Waals surface area contributed by atoms with Crippen LogP contribution in [0.3, 0.4) is 0 Å². The maximum absolute atomic E-state index is 13.8. The largest absolute Gasteiger partial charge is 0.497 e. The molecule has 1 atom stereocenters. The highest BCUT2D eigenvalue weighted by Gasteiger charge is 2.34. The van der Waals surface area contributed by atoms with Crippen molar-refractivity contribution in [3.05, 3.63) is 69.8 Å². The van der Waals surface area contributed by atoms with E-state index in [1.807, 2.05) is 31.2 Å². The average molecular weight is 553 g/mol. The molecule has 2 aliphatic heterocycles. The zero-order valence-corrected chi connectivity index (χ0v) is 23.0. The van der Waals surface area contributed by atoms with Gasteiger partial charge in [-0.2, -0.15) is 5.10 Å². The van der Waals surface area contributed by atoms with Gasteiger partial charge in [0.15, 0.2) is 0 Å². The Balaban J connectivity index is 1.56. The van der Waals surface area contributed by atoms with Crippen molar-refractivity contribution in [2.45, 2.75) is 25.8 Å². The summed E-state index contributed by atoms with van der Waals surface area (Å²) in [5.41, 5.74) is 2.18. The average Bonchev–Trinajstić information content (AvgIpc) is 3.44. The van der Waals surface area contributed by atoms with Gasteiger partial charge in [0.2, 0.25) is 0 Å². The molecular weight excluding hydrogens is 516 g/mol. The Morgan fingerprint density at radius 3 is 2.48 bits per heavy atom. The number of amides is 3. The summed E-state index contributed by atoms with van der Waals surface area (Å²) >= 11 is 0. The van der Waals surface area contributed by atoms with Crippen LogP contribution in [0.2, 0.25) is 0 Å². The van der Waals surface area contributed by atoms with Crippen LogP contribution in [-0.2, 0) is 9.53 Å². The van der Waals surface area contributed by atoms with Gasteiger partial charge in [0.25, 0.3) is 11.6 Å². The van der Waals surface area contributed by atoms with Crippen LogP contribution in [0.15, 0.2) is 53.6 Å². The highest BCUT2D eigenvalue weighted by atomic mass is 16.6. The van der Waals surface area contributed by atoms with Crippen molar-refractivity contribution in [2.75, 3.05) is 59.6 Å². The third kappa shape index (κ3) is 7.33. The van der Waals surface area contributed by atoms with Gasteiger partial charge in [0.1, 0.15) is 12.3 Å². The molecule has 1 saturated heterocycles. The van der Waals surface area contributed by atoms with Crippen LogP contribution < -0.4 is 10.1 Å². The quantitative estimate of drug-likeness (QED) is 0.335. The maximum Gasteiger partial charge on any atom is 0.317 e. The maximum atomic E-state index is 13.8. The molecule has 4 rings (SSSR count). The van der Waals surface area contributed by atoms with Gasteiger partial charge in [-0.15, -0.1) is 0 Å². The number of urea groups is 1. The predicted octanol–water partition coefficient (Wildman–Crippen LogP) is 3.03. The van der Waals surface area contributed by atoms with Gasteiger partial charge in [0, 0.05) is 51.3 Å². The van der Waals surface area contributed by atoms with Gasteiger partial charge in [-0.1, -0.05) is 19.1 Å². The van der Waals surface area contributed by atoms with E-state index in [1.165, 1.54) is 22.0 Å². The number of nitro groups is 1. The number of nitrogens with zero attached hydrogens (tertiary/aromatic N) is 5. The normalized spacial score (nSPS) is 17.3. The fraction of sp³-hybridized carbons (Fsp3) is 0.464. The molecule has 0 aliphatic carbocycles. The smallest absolute Gasteiger partial charge is 0.317 e. The molecule has 214 valence electrons. The number of morpholine rings is 1. The van der Waals surface area contributed by atoms with E-state index in [0.29, 0.717) is 56.3 Å².